The third kappa shape index (κ3) is 4.07. The minimum atomic E-state index is -0.00986. The molecule has 0 aliphatic heterocycles. The van der Waals surface area contributed by atoms with Gasteiger partial charge in [-0.05, 0) is 12.2 Å². The van der Waals surface area contributed by atoms with E-state index >= 15 is 0 Å². The van der Waals surface area contributed by atoms with E-state index in [9.17, 15) is 4.79 Å². The number of imidazole rings is 1. The summed E-state index contributed by atoms with van der Waals surface area (Å²) in [5, 5.41) is 3.06. The lowest BCUT2D eigenvalue weighted by Crippen LogP contribution is -2.33. The summed E-state index contributed by atoms with van der Waals surface area (Å²) in [5.74, 6) is 2.20. The third-order valence-corrected chi connectivity index (χ3v) is 3.27. The summed E-state index contributed by atoms with van der Waals surface area (Å²) in [4.78, 5) is 16.1. The predicted molar refractivity (Wildman–Crippen MR) is 71.9 cm³/mol. The van der Waals surface area contributed by atoms with Crippen molar-refractivity contribution in [3.63, 3.8) is 0 Å². The lowest BCUT2D eigenvalue weighted by Gasteiger charge is -2.22. The van der Waals surface area contributed by atoms with Crippen molar-refractivity contribution in [2.75, 3.05) is 12.0 Å². The number of aromatic nitrogens is 2. The standard InChI is InChI=1S/C12H21N3OS/c1-9(2)11(12-13-6-7-15(12)3)14-10(16)5-8-17-4/h6-7,9,11H,5,8H2,1-4H3,(H,14,16). The zero-order chi connectivity index (χ0) is 12.8. The molecule has 1 amide bonds. The topological polar surface area (TPSA) is 46.9 Å². The zero-order valence-electron chi connectivity index (χ0n) is 10.9. The molecule has 1 unspecified atom stereocenters. The number of aryl methyl sites for hydroxylation is 1. The largest absolute Gasteiger partial charge is 0.346 e. The van der Waals surface area contributed by atoms with Crippen LogP contribution in [0.5, 0.6) is 0 Å². The first-order valence-electron chi connectivity index (χ1n) is 5.81. The predicted octanol–water partition coefficient (Wildman–Crippen LogP) is 1.99. The van der Waals surface area contributed by atoms with Crippen molar-refractivity contribution < 1.29 is 4.79 Å². The van der Waals surface area contributed by atoms with Crippen LogP contribution in [0.2, 0.25) is 0 Å². The maximum Gasteiger partial charge on any atom is 0.221 e. The number of rotatable bonds is 6. The van der Waals surface area contributed by atoms with Crippen LogP contribution in [0.4, 0.5) is 0 Å². The highest BCUT2D eigenvalue weighted by Crippen LogP contribution is 2.19. The second-order valence-corrected chi connectivity index (χ2v) is 5.41. The molecule has 0 aliphatic rings. The number of carbonyl (C=O) groups is 1. The van der Waals surface area contributed by atoms with Crippen LogP contribution in [0, 0.1) is 5.92 Å². The minimum absolute atomic E-state index is 0.00986. The first kappa shape index (κ1) is 14.1. The summed E-state index contributed by atoms with van der Waals surface area (Å²) in [7, 11) is 1.95. The fourth-order valence-electron chi connectivity index (χ4n) is 1.65. The van der Waals surface area contributed by atoms with Gasteiger partial charge in [0.25, 0.3) is 0 Å². The molecule has 1 aromatic heterocycles. The summed E-state index contributed by atoms with van der Waals surface area (Å²) in [6, 6.07) is -0.00986. The Morgan fingerprint density at radius 3 is 2.76 bits per heavy atom. The highest BCUT2D eigenvalue weighted by atomic mass is 32.2. The van der Waals surface area contributed by atoms with Gasteiger partial charge in [-0.25, -0.2) is 4.98 Å². The average molecular weight is 255 g/mol. The maximum absolute atomic E-state index is 11.8. The van der Waals surface area contributed by atoms with E-state index in [0.29, 0.717) is 12.3 Å². The van der Waals surface area contributed by atoms with Crippen LogP contribution in [0.25, 0.3) is 0 Å². The van der Waals surface area contributed by atoms with Gasteiger partial charge in [0.2, 0.25) is 5.91 Å². The van der Waals surface area contributed by atoms with Crippen LogP contribution in [0.1, 0.15) is 32.1 Å². The number of nitrogens with zero attached hydrogens (tertiary/aromatic N) is 2. The van der Waals surface area contributed by atoms with E-state index in [0.717, 1.165) is 11.6 Å². The molecular weight excluding hydrogens is 234 g/mol. The molecule has 4 nitrogen and oxygen atoms in total. The van der Waals surface area contributed by atoms with E-state index in [1.54, 1.807) is 18.0 Å². The van der Waals surface area contributed by atoms with Gasteiger partial charge in [0, 0.05) is 31.6 Å². The van der Waals surface area contributed by atoms with Gasteiger partial charge in [-0.1, -0.05) is 13.8 Å². The normalized spacial score (nSPS) is 12.8. The Morgan fingerprint density at radius 2 is 2.29 bits per heavy atom. The molecule has 1 atom stereocenters. The number of hydrogen-bond donors (Lipinski definition) is 1. The summed E-state index contributed by atoms with van der Waals surface area (Å²) >= 11 is 1.68. The summed E-state index contributed by atoms with van der Waals surface area (Å²) in [5.41, 5.74) is 0. The van der Waals surface area contributed by atoms with Gasteiger partial charge in [0.1, 0.15) is 5.82 Å². The first-order chi connectivity index (χ1) is 8.06. The van der Waals surface area contributed by atoms with Gasteiger partial charge in [-0.15, -0.1) is 0 Å². The molecule has 17 heavy (non-hydrogen) atoms. The van der Waals surface area contributed by atoms with Crippen LogP contribution >= 0.6 is 11.8 Å². The van der Waals surface area contributed by atoms with Gasteiger partial charge >= 0.3 is 0 Å². The van der Waals surface area contributed by atoms with E-state index in [-0.39, 0.29) is 11.9 Å². The first-order valence-corrected chi connectivity index (χ1v) is 7.21. The van der Waals surface area contributed by atoms with Crippen molar-refractivity contribution in [1.82, 2.24) is 14.9 Å². The molecule has 5 heteroatoms. The van der Waals surface area contributed by atoms with E-state index in [1.165, 1.54) is 0 Å². The van der Waals surface area contributed by atoms with Crippen molar-refractivity contribution in [3.8, 4) is 0 Å². The van der Waals surface area contributed by atoms with Crippen LogP contribution in [-0.2, 0) is 11.8 Å². The molecule has 0 aliphatic carbocycles. The van der Waals surface area contributed by atoms with Gasteiger partial charge in [0.15, 0.2) is 0 Å². The Kier molecular flexibility index (Phi) is 5.55. The maximum atomic E-state index is 11.8. The van der Waals surface area contributed by atoms with E-state index in [1.807, 2.05) is 24.1 Å². The van der Waals surface area contributed by atoms with Crippen LogP contribution < -0.4 is 5.32 Å². The van der Waals surface area contributed by atoms with Crippen molar-refractivity contribution in [2.45, 2.75) is 26.3 Å². The molecule has 0 aromatic carbocycles. The van der Waals surface area contributed by atoms with E-state index in [2.05, 4.69) is 24.1 Å². The Hall–Kier alpha value is -0.970. The van der Waals surface area contributed by atoms with Crippen molar-refractivity contribution in [2.24, 2.45) is 13.0 Å². The molecular formula is C12H21N3OS. The molecule has 0 radical (unpaired) electrons. The summed E-state index contributed by atoms with van der Waals surface area (Å²) in [6.07, 6.45) is 6.23. The summed E-state index contributed by atoms with van der Waals surface area (Å²) in [6.45, 7) is 4.18. The highest BCUT2D eigenvalue weighted by Gasteiger charge is 2.21. The average Bonchev–Trinajstić information content (AvgIpc) is 2.69. The molecule has 0 spiro atoms. The highest BCUT2D eigenvalue weighted by molar-refractivity contribution is 7.98. The molecule has 1 rings (SSSR count). The molecule has 1 heterocycles. The van der Waals surface area contributed by atoms with E-state index < -0.39 is 0 Å². The van der Waals surface area contributed by atoms with Gasteiger partial charge in [0.05, 0.1) is 6.04 Å². The fourth-order valence-corrected chi connectivity index (χ4v) is 2.04. The number of carbonyl (C=O) groups excluding carboxylic acids is 1. The molecule has 1 aromatic rings. The lowest BCUT2D eigenvalue weighted by molar-refractivity contribution is -0.121. The Labute approximate surface area is 107 Å². The molecule has 0 saturated heterocycles. The van der Waals surface area contributed by atoms with Gasteiger partial charge in [-0.3, -0.25) is 4.79 Å². The molecule has 0 bridgehead atoms. The lowest BCUT2D eigenvalue weighted by atomic mass is 10.0. The second kappa shape index (κ2) is 6.69. The smallest absolute Gasteiger partial charge is 0.221 e. The van der Waals surface area contributed by atoms with Gasteiger partial charge < -0.3 is 9.88 Å². The fraction of sp³-hybridized carbons (Fsp3) is 0.667. The Balaban J connectivity index is 2.68. The van der Waals surface area contributed by atoms with Crippen molar-refractivity contribution >= 4 is 17.7 Å². The molecule has 1 N–H and O–H groups in total. The zero-order valence-corrected chi connectivity index (χ0v) is 11.8. The van der Waals surface area contributed by atoms with Crippen LogP contribution in [0.3, 0.4) is 0 Å². The van der Waals surface area contributed by atoms with Crippen molar-refractivity contribution in [3.05, 3.63) is 18.2 Å². The quantitative estimate of drug-likeness (QED) is 0.845. The second-order valence-electron chi connectivity index (χ2n) is 4.43. The van der Waals surface area contributed by atoms with E-state index in [4.69, 9.17) is 0 Å². The van der Waals surface area contributed by atoms with Crippen molar-refractivity contribution in [1.29, 1.82) is 0 Å². The molecule has 0 saturated carbocycles. The van der Waals surface area contributed by atoms with Crippen LogP contribution in [-0.4, -0.2) is 27.5 Å². The Bertz CT molecular complexity index is 362. The minimum Gasteiger partial charge on any atom is -0.346 e. The number of hydrogen-bond acceptors (Lipinski definition) is 3. The number of amides is 1. The van der Waals surface area contributed by atoms with Crippen LogP contribution in [0.15, 0.2) is 12.4 Å². The number of thioether (sulfide) groups is 1. The SMILES string of the molecule is CSCCC(=O)NC(c1nccn1C)C(C)C. The van der Waals surface area contributed by atoms with Gasteiger partial charge in [-0.2, -0.15) is 11.8 Å². The molecule has 0 fully saturated rings. The third-order valence-electron chi connectivity index (χ3n) is 2.65. The summed E-state index contributed by atoms with van der Waals surface area (Å²) < 4.78 is 1.96. The molecule has 96 valence electrons. The monoisotopic (exact) mass is 255 g/mol. The number of nitrogens with one attached hydrogen (secondary N) is 1. The Morgan fingerprint density at radius 1 is 1.59 bits per heavy atom.